The summed E-state index contributed by atoms with van der Waals surface area (Å²) in [5.41, 5.74) is 6.87. The number of aryl methyl sites for hydroxylation is 2. The van der Waals surface area contributed by atoms with Gasteiger partial charge < -0.3 is 0 Å². The highest BCUT2D eigenvalue weighted by atomic mass is 16.1. The molecule has 0 bridgehead atoms. The Morgan fingerprint density at radius 3 is 3.00 bits per heavy atom. The van der Waals surface area contributed by atoms with E-state index in [9.17, 15) is 4.79 Å². The van der Waals surface area contributed by atoms with Crippen LogP contribution in [0.5, 0.6) is 0 Å². The first kappa shape index (κ1) is 21.0. The summed E-state index contributed by atoms with van der Waals surface area (Å²) in [6.07, 6.45) is 20.6. The largest absolute Gasteiger partial charge is 0.300 e. The number of carbonyl (C=O) groups is 1. The van der Waals surface area contributed by atoms with Crippen LogP contribution in [0, 0.1) is 18.8 Å². The van der Waals surface area contributed by atoms with E-state index in [1.54, 1.807) is 5.57 Å². The second-order valence-corrected chi connectivity index (χ2v) is 9.36. The number of hydrogen-bond donors (Lipinski definition) is 0. The lowest BCUT2D eigenvalue weighted by atomic mass is 9.84. The lowest BCUT2D eigenvalue weighted by Gasteiger charge is -2.22. The van der Waals surface area contributed by atoms with Crippen LogP contribution >= 0.6 is 0 Å². The average molecular weight is 408 g/mol. The van der Waals surface area contributed by atoms with Crippen molar-refractivity contribution in [3.05, 3.63) is 71.0 Å². The lowest BCUT2D eigenvalue weighted by molar-refractivity contribution is -0.120. The molecule has 0 aromatic heterocycles. The van der Waals surface area contributed by atoms with Gasteiger partial charge in [0.05, 0.1) is 5.71 Å². The van der Waals surface area contributed by atoms with Crippen LogP contribution in [0.2, 0.25) is 0 Å². The zero-order valence-corrected chi connectivity index (χ0v) is 18.4. The molecule has 0 amide bonds. The van der Waals surface area contributed by atoms with Gasteiger partial charge in [-0.2, -0.15) is 0 Å². The molecule has 1 aliphatic heterocycles. The number of carbonyl (C=O) groups excluding carboxylic acids is 1. The van der Waals surface area contributed by atoms with Crippen LogP contribution < -0.4 is 0 Å². The first-order valence-electron chi connectivity index (χ1n) is 11.9. The van der Waals surface area contributed by atoms with Crippen LogP contribution in [0.1, 0.15) is 79.6 Å². The number of hydrogen-bond acceptors (Lipinski definition) is 2. The molecule has 0 saturated heterocycles. The maximum absolute atomic E-state index is 12.6. The van der Waals surface area contributed by atoms with E-state index in [0.29, 0.717) is 24.0 Å². The molecule has 1 aromatic rings. The first-order valence-corrected chi connectivity index (χ1v) is 11.9. The van der Waals surface area contributed by atoms with Crippen LogP contribution in [0.15, 0.2) is 64.8 Å². The Balaban J connectivity index is 0.00000181. The summed E-state index contributed by atoms with van der Waals surface area (Å²) < 4.78 is 0. The number of ketones is 1. The van der Waals surface area contributed by atoms with E-state index in [-0.39, 0.29) is 4.28 Å². The Kier molecular flexibility index (Phi) is 7.15. The fraction of sp³-hybridized carbons (Fsp3) is 0.500. The Morgan fingerprint density at radius 1 is 1.17 bits per heavy atom. The van der Waals surface area contributed by atoms with Gasteiger partial charge in [-0.25, -0.2) is 0 Å². The number of allylic oxidation sites excluding steroid dienone is 5. The molecule has 1 aromatic carbocycles. The van der Waals surface area contributed by atoms with Gasteiger partial charge in [0.25, 0.3) is 0 Å². The second kappa shape index (κ2) is 10.2. The average Bonchev–Trinajstić information content (AvgIpc) is 3.11. The van der Waals surface area contributed by atoms with Crippen molar-refractivity contribution in [1.82, 2.24) is 0 Å². The third kappa shape index (κ3) is 5.47. The van der Waals surface area contributed by atoms with E-state index < -0.39 is 0 Å². The van der Waals surface area contributed by atoms with Gasteiger partial charge in [-0.3, -0.25) is 9.79 Å². The van der Waals surface area contributed by atoms with E-state index in [2.05, 4.69) is 49.4 Å². The van der Waals surface area contributed by atoms with E-state index in [4.69, 9.17) is 4.99 Å². The summed E-state index contributed by atoms with van der Waals surface area (Å²) in [4.78, 5) is 17.5. The second-order valence-electron chi connectivity index (χ2n) is 9.36. The molecule has 30 heavy (non-hydrogen) atoms. The quantitative estimate of drug-likeness (QED) is 0.442. The number of nitrogens with zero attached hydrogens (tertiary/aromatic N) is 1. The Morgan fingerprint density at radius 2 is 2.10 bits per heavy atom. The molecule has 0 radical (unpaired) electrons. The van der Waals surface area contributed by atoms with Crippen molar-refractivity contribution in [3.8, 4) is 0 Å². The summed E-state index contributed by atoms with van der Waals surface area (Å²) in [6, 6.07) is 8.55. The highest BCUT2D eigenvalue weighted by Gasteiger charge is 2.27. The van der Waals surface area contributed by atoms with Crippen LogP contribution in [0.3, 0.4) is 0 Å². The van der Waals surface area contributed by atoms with E-state index >= 15 is 0 Å². The van der Waals surface area contributed by atoms with Crippen LogP contribution in [0.4, 0.5) is 0 Å². The molecule has 164 valence electrons. The summed E-state index contributed by atoms with van der Waals surface area (Å²) in [5, 5.41) is 0. The summed E-state index contributed by atoms with van der Waals surface area (Å²) in [7, 11) is 0. The normalized spacial score (nSPS) is 24.1. The molecule has 2 unspecified atom stereocenters. The maximum atomic E-state index is 12.6. The molecular formula is C28H41NO. The lowest BCUT2D eigenvalue weighted by Crippen LogP contribution is -2.18. The minimum absolute atomic E-state index is 0. The molecule has 1 heterocycles. The van der Waals surface area contributed by atoms with Crippen molar-refractivity contribution in [3.63, 3.8) is 0 Å². The predicted molar refractivity (Wildman–Crippen MR) is 132 cm³/mol. The highest BCUT2D eigenvalue weighted by molar-refractivity contribution is 6.05. The summed E-state index contributed by atoms with van der Waals surface area (Å²) in [6.45, 7) is 2.11. The Hall–Kier alpha value is -2.22. The van der Waals surface area contributed by atoms with Crippen molar-refractivity contribution in [2.75, 3.05) is 0 Å². The molecule has 1 fully saturated rings. The standard InChI is InChI=1S/C28H35NO.3H2/c1-21-7-4-8-22(19-21)15-17-26(30)20-23-9-5-11-25(16-14-23)28-27-13-3-2-10-24(27)12-6-18-29-28;;;/h3-4,6-8,13,18-19,23,25H,2,5,9-12,14-17,20H2,1H3;3*1H. The van der Waals surface area contributed by atoms with Crippen molar-refractivity contribution in [1.29, 1.82) is 0 Å². The van der Waals surface area contributed by atoms with Crippen molar-refractivity contribution < 1.29 is 9.07 Å². The smallest absolute Gasteiger partial charge is 0.133 e. The topological polar surface area (TPSA) is 29.4 Å². The third-order valence-corrected chi connectivity index (χ3v) is 7.00. The Labute approximate surface area is 186 Å². The van der Waals surface area contributed by atoms with Gasteiger partial charge in [0.2, 0.25) is 0 Å². The molecule has 0 N–H and O–H groups in total. The fourth-order valence-corrected chi connectivity index (χ4v) is 5.34. The molecule has 2 aliphatic carbocycles. The molecule has 4 rings (SSSR count). The molecular weight excluding hydrogens is 366 g/mol. The van der Waals surface area contributed by atoms with Crippen molar-refractivity contribution in [2.24, 2.45) is 16.8 Å². The van der Waals surface area contributed by atoms with E-state index in [1.807, 2.05) is 6.20 Å². The minimum atomic E-state index is 0. The van der Waals surface area contributed by atoms with Gasteiger partial charge >= 0.3 is 0 Å². The van der Waals surface area contributed by atoms with Gasteiger partial charge in [0, 0.05) is 29.2 Å². The monoisotopic (exact) mass is 407 g/mol. The van der Waals surface area contributed by atoms with Crippen molar-refractivity contribution >= 4 is 11.5 Å². The van der Waals surface area contributed by atoms with Gasteiger partial charge in [0.15, 0.2) is 0 Å². The van der Waals surface area contributed by atoms with Crippen LogP contribution in [0.25, 0.3) is 0 Å². The van der Waals surface area contributed by atoms with Crippen LogP contribution in [-0.4, -0.2) is 11.5 Å². The van der Waals surface area contributed by atoms with Gasteiger partial charge in [-0.05, 0) is 68.9 Å². The molecule has 2 heteroatoms. The zero-order chi connectivity index (χ0) is 20.8. The van der Waals surface area contributed by atoms with Gasteiger partial charge in [-0.15, -0.1) is 0 Å². The van der Waals surface area contributed by atoms with Crippen molar-refractivity contribution in [2.45, 2.75) is 77.6 Å². The van der Waals surface area contributed by atoms with E-state index in [1.165, 1.54) is 54.5 Å². The highest BCUT2D eigenvalue weighted by Crippen LogP contribution is 2.35. The Bertz CT molecular complexity index is 900. The third-order valence-electron chi connectivity index (χ3n) is 7.00. The molecule has 2 atom stereocenters. The molecule has 0 spiro atoms. The predicted octanol–water partition coefficient (Wildman–Crippen LogP) is 7.83. The number of rotatable bonds is 6. The van der Waals surface area contributed by atoms with E-state index in [0.717, 1.165) is 32.1 Å². The minimum Gasteiger partial charge on any atom is -0.300 e. The SMILES string of the molecule is Cc1cccc(CCC(=O)CC2CCCC(C3=NC=CCC4=C3C=CCC4)CC2)c1.[HH].[HH].[HH]. The van der Waals surface area contributed by atoms with Gasteiger partial charge in [-0.1, -0.05) is 66.5 Å². The maximum Gasteiger partial charge on any atom is 0.133 e. The summed E-state index contributed by atoms with van der Waals surface area (Å²) in [5.74, 6) is 1.54. The zero-order valence-electron chi connectivity index (χ0n) is 18.4. The number of benzene rings is 1. The first-order chi connectivity index (χ1) is 14.7. The molecule has 1 saturated carbocycles. The van der Waals surface area contributed by atoms with Crippen LogP contribution in [-0.2, 0) is 11.2 Å². The molecule has 2 nitrogen and oxygen atoms in total. The number of aliphatic imine (C=N–C) groups is 1. The fourth-order valence-electron chi connectivity index (χ4n) is 5.34. The van der Waals surface area contributed by atoms with Gasteiger partial charge in [0.1, 0.15) is 5.78 Å². The number of Topliss-reactive ketones (excluding diaryl/α,β-unsaturated/α-hetero) is 1. The summed E-state index contributed by atoms with van der Waals surface area (Å²) >= 11 is 0. The molecule has 3 aliphatic rings.